The van der Waals surface area contributed by atoms with Gasteiger partial charge in [0.05, 0.1) is 0 Å². The van der Waals surface area contributed by atoms with Gasteiger partial charge in [-0.2, -0.15) is 0 Å². The molecule has 0 atom stereocenters. The third-order valence-electron chi connectivity index (χ3n) is 2.20. The lowest BCUT2D eigenvalue weighted by Crippen LogP contribution is -2.31. The van der Waals surface area contributed by atoms with Gasteiger partial charge in [-0.3, -0.25) is 4.99 Å². The predicted octanol–water partition coefficient (Wildman–Crippen LogP) is 1.28. The van der Waals surface area contributed by atoms with Crippen LogP contribution < -0.4 is 11.1 Å². The van der Waals surface area contributed by atoms with Crippen molar-refractivity contribution in [3.63, 3.8) is 0 Å². The van der Waals surface area contributed by atoms with Gasteiger partial charge in [-0.1, -0.05) is 31.2 Å². The van der Waals surface area contributed by atoms with Crippen molar-refractivity contribution in [1.29, 1.82) is 0 Å². The first-order chi connectivity index (χ1) is 6.77. The van der Waals surface area contributed by atoms with E-state index in [-0.39, 0.29) is 0 Å². The maximum atomic E-state index is 5.55. The summed E-state index contributed by atoms with van der Waals surface area (Å²) in [6.45, 7) is 2.89. The molecule has 0 unspecified atom stereocenters. The van der Waals surface area contributed by atoms with Gasteiger partial charge < -0.3 is 11.1 Å². The lowest BCUT2D eigenvalue weighted by molar-refractivity contribution is 0.880. The van der Waals surface area contributed by atoms with E-state index in [4.69, 9.17) is 5.73 Å². The summed E-state index contributed by atoms with van der Waals surface area (Å²) in [6.07, 6.45) is 1.04. The minimum atomic E-state index is 0.482. The van der Waals surface area contributed by atoms with Gasteiger partial charge in [-0.25, -0.2) is 0 Å². The van der Waals surface area contributed by atoms with Crippen LogP contribution in [-0.4, -0.2) is 13.0 Å². The second-order valence-corrected chi connectivity index (χ2v) is 3.08. The van der Waals surface area contributed by atoms with Crippen molar-refractivity contribution >= 4 is 5.96 Å². The van der Waals surface area contributed by atoms with E-state index >= 15 is 0 Å². The molecule has 3 nitrogen and oxygen atoms in total. The highest BCUT2D eigenvalue weighted by atomic mass is 15.1. The van der Waals surface area contributed by atoms with Crippen LogP contribution in [0.5, 0.6) is 0 Å². The average molecular weight is 191 g/mol. The number of nitrogens with one attached hydrogen (secondary N) is 1. The topological polar surface area (TPSA) is 50.4 Å². The minimum Gasteiger partial charge on any atom is -0.370 e. The van der Waals surface area contributed by atoms with Crippen molar-refractivity contribution in [1.82, 2.24) is 5.32 Å². The second-order valence-electron chi connectivity index (χ2n) is 3.08. The Morgan fingerprint density at radius 1 is 1.36 bits per heavy atom. The molecule has 0 aromatic heterocycles. The summed E-state index contributed by atoms with van der Waals surface area (Å²) in [7, 11) is 1.67. The summed E-state index contributed by atoms with van der Waals surface area (Å²) in [5.74, 6) is 0.482. The van der Waals surface area contributed by atoms with Crippen LogP contribution in [-0.2, 0) is 13.0 Å². The summed E-state index contributed by atoms with van der Waals surface area (Å²) in [4.78, 5) is 3.84. The second kappa shape index (κ2) is 5.27. The number of nitrogens with zero attached hydrogens (tertiary/aromatic N) is 1. The fourth-order valence-electron chi connectivity index (χ4n) is 1.34. The van der Waals surface area contributed by atoms with Gasteiger partial charge in [-0.05, 0) is 17.5 Å². The van der Waals surface area contributed by atoms with Gasteiger partial charge in [0.25, 0.3) is 0 Å². The molecule has 0 heterocycles. The Labute approximate surface area is 85.0 Å². The average Bonchev–Trinajstić information content (AvgIpc) is 2.26. The van der Waals surface area contributed by atoms with Gasteiger partial charge in [0.15, 0.2) is 5.96 Å². The summed E-state index contributed by atoms with van der Waals surface area (Å²) in [5, 5.41) is 3.05. The summed E-state index contributed by atoms with van der Waals surface area (Å²) >= 11 is 0. The molecule has 0 amide bonds. The largest absolute Gasteiger partial charge is 0.370 e. The number of rotatable bonds is 3. The van der Waals surface area contributed by atoms with E-state index in [1.165, 1.54) is 11.1 Å². The highest BCUT2D eigenvalue weighted by molar-refractivity contribution is 5.77. The van der Waals surface area contributed by atoms with Crippen molar-refractivity contribution in [3.8, 4) is 0 Å². The first-order valence-electron chi connectivity index (χ1n) is 4.80. The Morgan fingerprint density at radius 3 is 2.57 bits per heavy atom. The van der Waals surface area contributed by atoms with E-state index < -0.39 is 0 Å². The molecule has 0 aliphatic heterocycles. The molecule has 1 aromatic carbocycles. The molecule has 3 heteroatoms. The first-order valence-corrected chi connectivity index (χ1v) is 4.80. The van der Waals surface area contributed by atoms with Gasteiger partial charge >= 0.3 is 0 Å². The van der Waals surface area contributed by atoms with E-state index in [2.05, 4.69) is 35.4 Å². The lowest BCUT2D eigenvalue weighted by Gasteiger charge is -2.08. The normalized spacial score (nSPS) is 11.4. The molecule has 0 saturated carbocycles. The molecule has 0 saturated heterocycles. The van der Waals surface area contributed by atoms with Crippen LogP contribution >= 0.6 is 0 Å². The highest BCUT2D eigenvalue weighted by Crippen LogP contribution is 2.08. The summed E-state index contributed by atoms with van der Waals surface area (Å²) in [5.41, 5.74) is 8.18. The van der Waals surface area contributed by atoms with Crippen molar-refractivity contribution in [3.05, 3.63) is 35.4 Å². The van der Waals surface area contributed by atoms with Gasteiger partial charge in [0, 0.05) is 13.6 Å². The third-order valence-corrected chi connectivity index (χ3v) is 2.20. The molecular formula is C11H17N3. The minimum absolute atomic E-state index is 0.482. The highest BCUT2D eigenvalue weighted by Gasteiger charge is 1.98. The SMILES string of the molecule is CCc1ccccc1CNC(N)=NC. The van der Waals surface area contributed by atoms with E-state index in [1.54, 1.807) is 7.05 Å². The van der Waals surface area contributed by atoms with Crippen LogP contribution in [0, 0.1) is 0 Å². The number of hydrogen-bond acceptors (Lipinski definition) is 1. The predicted molar refractivity (Wildman–Crippen MR) is 60.2 cm³/mol. The molecule has 1 rings (SSSR count). The number of aliphatic imine (C=N–C) groups is 1. The zero-order valence-electron chi connectivity index (χ0n) is 8.75. The number of hydrogen-bond donors (Lipinski definition) is 2. The van der Waals surface area contributed by atoms with E-state index in [0.29, 0.717) is 5.96 Å². The van der Waals surface area contributed by atoms with Crippen molar-refractivity contribution in [2.24, 2.45) is 10.7 Å². The lowest BCUT2D eigenvalue weighted by atomic mass is 10.1. The number of aryl methyl sites for hydroxylation is 1. The molecule has 1 aromatic rings. The van der Waals surface area contributed by atoms with Gasteiger partial charge in [0.2, 0.25) is 0 Å². The van der Waals surface area contributed by atoms with Crippen LogP contribution in [0.4, 0.5) is 0 Å². The molecule has 76 valence electrons. The van der Waals surface area contributed by atoms with E-state index in [0.717, 1.165) is 13.0 Å². The maximum Gasteiger partial charge on any atom is 0.188 e. The van der Waals surface area contributed by atoms with Crippen LogP contribution in [0.15, 0.2) is 29.3 Å². The Kier molecular flexibility index (Phi) is 3.98. The number of guanidine groups is 1. The monoisotopic (exact) mass is 191 g/mol. The molecule has 0 aliphatic carbocycles. The Balaban J connectivity index is 2.66. The van der Waals surface area contributed by atoms with E-state index in [1.807, 2.05) is 6.07 Å². The maximum absolute atomic E-state index is 5.55. The van der Waals surface area contributed by atoms with E-state index in [9.17, 15) is 0 Å². The van der Waals surface area contributed by atoms with Crippen LogP contribution in [0.25, 0.3) is 0 Å². The third kappa shape index (κ3) is 2.76. The molecule has 14 heavy (non-hydrogen) atoms. The molecule has 3 N–H and O–H groups in total. The van der Waals surface area contributed by atoms with Gasteiger partial charge in [-0.15, -0.1) is 0 Å². The molecular weight excluding hydrogens is 174 g/mol. The molecule has 0 bridgehead atoms. The van der Waals surface area contributed by atoms with Crippen LogP contribution in [0.2, 0.25) is 0 Å². The van der Waals surface area contributed by atoms with Crippen LogP contribution in [0.3, 0.4) is 0 Å². The molecule has 0 aliphatic rings. The van der Waals surface area contributed by atoms with Crippen molar-refractivity contribution in [2.45, 2.75) is 19.9 Å². The zero-order valence-corrected chi connectivity index (χ0v) is 8.75. The van der Waals surface area contributed by atoms with Crippen molar-refractivity contribution < 1.29 is 0 Å². The Morgan fingerprint density at radius 2 is 2.00 bits per heavy atom. The van der Waals surface area contributed by atoms with Crippen molar-refractivity contribution in [2.75, 3.05) is 7.05 Å². The standard InChI is InChI=1S/C11H17N3/c1-3-9-6-4-5-7-10(9)8-14-11(12)13-2/h4-7H,3,8H2,1-2H3,(H3,12,13,14). The quantitative estimate of drug-likeness (QED) is 0.558. The first kappa shape index (κ1) is 10.6. The van der Waals surface area contributed by atoms with Gasteiger partial charge in [0.1, 0.15) is 0 Å². The zero-order chi connectivity index (χ0) is 10.4. The number of nitrogens with two attached hydrogens (primary N) is 1. The molecule has 0 spiro atoms. The number of benzene rings is 1. The van der Waals surface area contributed by atoms with Crippen LogP contribution in [0.1, 0.15) is 18.1 Å². The smallest absolute Gasteiger partial charge is 0.188 e. The fraction of sp³-hybridized carbons (Fsp3) is 0.364. The molecule has 0 radical (unpaired) electrons. The summed E-state index contributed by atoms with van der Waals surface area (Å²) in [6, 6.07) is 8.33. The summed E-state index contributed by atoms with van der Waals surface area (Å²) < 4.78 is 0. The Bertz CT molecular complexity index is 318. The molecule has 0 fully saturated rings. The fourth-order valence-corrected chi connectivity index (χ4v) is 1.34. The Hall–Kier alpha value is -1.51.